The van der Waals surface area contributed by atoms with E-state index >= 15 is 0 Å². The smallest absolute Gasteiger partial charge is 0.392 e. The summed E-state index contributed by atoms with van der Waals surface area (Å²) >= 11 is 0. The van der Waals surface area contributed by atoms with Gasteiger partial charge in [-0.3, -0.25) is 4.79 Å². The van der Waals surface area contributed by atoms with Gasteiger partial charge >= 0.3 is 12.1 Å². The highest BCUT2D eigenvalue weighted by Crippen LogP contribution is 2.49. The van der Waals surface area contributed by atoms with Crippen LogP contribution in [0.1, 0.15) is 6.42 Å². The second-order valence-electron chi connectivity index (χ2n) is 2.33. The van der Waals surface area contributed by atoms with Crippen LogP contribution in [0.3, 0.4) is 0 Å². The number of aliphatic carboxylic acids is 1. The molecule has 58 valence electrons. The van der Waals surface area contributed by atoms with Crippen LogP contribution in [0.5, 0.6) is 0 Å². The van der Waals surface area contributed by atoms with Crippen molar-refractivity contribution >= 4 is 5.97 Å². The van der Waals surface area contributed by atoms with E-state index in [0.29, 0.717) is 0 Å². The third kappa shape index (κ3) is 1.22. The monoisotopic (exact) mass is 154 g/mol. The Morgan fingerprint density at radius 3 is 2.10 bits per heavy atom. The quantitative estimate of drug-likeness (QED) is 0.617. The van der Waals surface area contributed by atoms with Gasteiger partial charge in [-0.1, -0.05) is 0 Å². The molecule has 1 aliphatic rings. The summed E-state index contributed by atoms with van der Waals surface area (Å²) in [6.45, 7) is 0. The molecule has 0 radical (unpaired) electrons. The molecule has 1 saturated carbocycles. The first kappa shape index (κ1) is 7.37. The van der Waals surface area contributed by atoms with Gasteiger partial charge in [-0.25, -0.2) is 0 Å². The fourth-order valence-corrected chi connectivity index (χ4v) is 0.830. The minimum atomic E-state index is -4.32. The Hall–Kier alpha value is -0.740. The summed E-state index contributed by atoms with van der Waals surface area (Å²) in [6.07, 6.45) is -4.57. The van der Waals surface area contributed by atoms with Crippen LogP contribution < -0.4 is 0 Å². The van der Waals surface area contributed by atoms with E-state index in [1.54, 1.807) is 0 Å². The average Bonchev–Trinajstić information content (AvgIpc) is 2.35. The van der Waals surface area contributed by atoms with Crippen LogP contribution in [0.4, 0.5) is 13.2 Å². The molecule has 1 fully saturated rings. The van der Waals surface area contributed by atoms with Gasteiger partial charge in [-0.2, -0.15) is 13.2 Å². The molecule has 0 bridgehead atoms. The first-order valence-electron chi connectivity index (χ1n) is 2.72. The van der Waals surface area contributed by atoms with E-state index in [2.05, 4.69) is 0 Å². The average molecular weight is 154 g/mol. The number of rotatable bonds is 1. The largest absolute Gasteiger partial charge is 0.481 e. The molecular formula is C5H5F3O2. The predicted octanol–water partition coefficient (Wildman–Crippen LogP) is 1.27. The van der Waals surface area contributed by atoms with Gasteiger partial charge in [0.25, 0.3) is 0 Å². The lowest BCUT2D eigenvalue weighted by molar-refractivity contribution is -0.160. The molecule has 1 rings (SSSR count). The molecule has 0 spiro atoms. The number of alkyl halides is 3. The van der Waals surface area contributed by atoms with Gasteiger partial charge in [0, 0.05) is 0 Å². The standard InChI is InChI=1S/C5H5F3O2/c6-5(7,8)3-1-2(3)4(9)10/h2-3H,1H2,(H,9,10)/t2-,3+/m0/s1. The minimum Gasteiger partial charge on any atom is -0.481 e. The Labute approximate surface area is 54.6 Å². The third-order valence-corrected chi connectivity index (χ3v) is 1.53. The van der Waals surface area contributed by atoms with Crippen LogP contribution in [-0.4, -0.2) is 17.3 Å². The molecule has 0 saturated heterocycles. The van der Waals surface area contributed by atoms with Crippen molar-refractivity contribution in [2.24, 2.45) is 11.8 Å². The lowest BCUT2D eigenvalue weighted by Crippen LogP contribution is -2.14. The summed E-state index contributed by atoms with van der Waals surface area (Å²) < 4.78 is 34.8. The van der Waals surface area contributed by atoms with Crippen molar-refractivity contribution in [2.45, 2.75) is 12.6 Å². The molecule has 1 aliphatic carbocycles. The number of hydrogen-bond donors (Lipinski definition) is 1. The van der Waals surface area contributed by atoms with Gasteiger partial charge in [0.1, 0.15) is 0 Å². The first-order chi connectivity index (χ1) is 4.43. The maximum atomic E-state index is 11.6. The molecule has 0 aromatic rings. The molecule has 0 amide bonds. The van der Waals surface area contributed by atoms with E-state index in [1.807, 2.05) is 0 Å². The van der Waals surface area contributed by atoms with E-state index in [0.717, 1.165) is 0 Å². The summed E-state index contributed by atoms with van der Waals surface area (Å²) in [7, 11) is 0. The summed E-state index contributed by atoms with van der Waals surface area (Å²) in [6, 6.07) is 0. The van der Waals surface area contributed by atoms with Gasteiger partial charge < -0.3 is 5.11 Å². The Kier molecular flexibility index (Phi) is 1.38. The highest BCUT2D eigenvalue weighted by molar-refractivity contribution is 5.73. The Balaban J connectivity index is 2.46. The SMILES string of the molecule is O=C(O)[C@H]1C[C@H]1C(F)(F)F. The van der Waals surface area contributed by atoms with Gasteiger partial charge in [0.2, 0.25) is 0 Å². The number of carboxylic acids is 1. The highest BCUT2D eigenvalue weighted by atomic mass is 19.4. The number of hydrogen-bond acceptors (Lipinski definition) is 1. The first-order valence-corrected chi connectivity index (χ1v) is 2.72. The van der Waals surface area contributed by atoms with Crippen molar-refractivity contribution in [3.8, 4) is 0 Å². The zero-order chi connectivity index (χ0) is 7.94. The topological polar surface area (TPSA) is 37.3 Å². The molecule has 0 aliphatic heterocycles. The second-order valence-corrected chi connectivity index (χ2v) is 2.33. The summed E-state index contributed by atoms with van der Waals surface area (Å²) in [5, 5.41) is 8.09. The van der Waals surface area contributed by atoms with Crippen molar-refractivity contribution in [1.29, 1.82) is 0 Å². The highest BCUT2D eigenvalue weighted by Gasteiger charge is 2.59. The fourth-order valence-electron chi connectivity index (χ4n) is 0.830. The van der Waals surface area contributed by atoms with E-state index in [9.17, 15) is 18.0 Å². The van der Waals surface area contributed by atoms with Crippen LogP contribution in [-0.2, 0) is 4.79 Å². The fraction of sp³-hybridized carbons (Fsp3) is 0.800. The molecule has 2 atom stereocenters. The molecule has 0 aromatic heterocycles. The molecule has 0 heterocycles. The normalized spacial score (nSPS) is 31.9. The van der Waals surface area contributed by atoms with Gasteiger partial charge in [-0.15, -0.1) is 0 Å². The lowest BCUT2D eigenvalue weighted by Gasteiger charge is -2.01. The van der Waals surface area contributed by atoms with Crippen LogP contribution in [0.2, 0.25) is 0 Å². The summed E-state index contributed by atoms with van der Waals surface area (Å²) in [5.74, 6) is -4.12. The van der Waals surface area contributed by atoms with Gasteiger partial charge in [0.05, 0.1) is 11.8 Å². The molecule has 10 heavy (non-hydrogen) atoms. The molecule has 1 N–H and O–H groups in total. The Morgan fingerprint density at radius 2 is 2.00 bits per heavy atom. The van der Waals surface area contributed by atoms with E-state index in [-0.39, 0.29) is 6.42 Å². The van der Waals surface area contributed by atoms with Gasteiger partial charge in [0.15, 0.2) is 0 Å². The van der Waals surface area contributed by atoms with Crippen molar-refractivity contribution in [3.63, 3.8) is 0 Å². The molecule has 5 heteroatoms. The van der Waals surface area contributed by atoms with E-state index in [4.69, 9.17) is 5.11 Å². The van der Waals surface area contributed by atoms with Crippen LogP contribution >= 0.6 is 0 Å². The minimum absolute atomic E-state index is 0.251. The molecule has 0 unspecified atom stereocenters. The van der Waals surface area contributed by atoms with Crippen molar-refractivity contribution in [3.05, 3.63) is 0 Å². The second kappa shape index (κ2) is 1.87. The maximum Gasteiger partial charge on any atom is 0.392 e. The zero-order valence-corrected chi connectivity index (χ0v) is 4.85. The van der Waals surface area contributed by atoms with Crippen LogP contribution in [0, 0.1) is 11.8 Å². The number of halogens is 3. The predicted molar refractivity (Wildman–Crippen MR) is 25.3 cm³/mol. The third-order valence-electron chi connectivity index (χ3n) is 1.53. The van der Waals surface area contributed by atoms with Gasteiger partial charge in [-0.05, 0) is 6.42 Å². The zero-order valence-electron chi connectivity index (χ0n) is 4.85. The summed E-state index contributed by atoms with van der Waals surface area (Å²) in [5.41, 5.74) is 0. The van der Waals surface area contributed by atoms with Crippen molar-refractivity contribution in [2.75, 3.05) is 0 Å². The maximum absolute atomic E-state index is 11.6. The van der Waals surface area contributed by atoms with Crippen LogP contribution in [0.15, 0.2) is 0 Å². The van der Waals surface area contributed by atoms with E-state index < -0.39 is 24.0 Å². The van der Waals surface area contributed by atoms with Crippen molar-refractivity contribution < 1.29 is 23.1 Å². The molecule has 0 aromatic carbocycles. The van der Waals surface area contributed by atoms with E-state index in [1.165, 1.54) is 0 Å². The Bertz CT molecular complexity index is 163. The lowest BCUT2D eigenvalue weighted by atomic mass is 10.3. The number of carbonyl (C=O) groups is 1. The molecule has 2 nitrogen and oxygen atoms in total. The van der Waals surface area contributed by atoms with Crippen LogP contribution in [0.25, 0.3) is 0 Å². The summed E-state index contributed by atoms with van der Waals surface area (Å²) in [4.78, 5) is 9.92. The Morgan fingerprint density at radius 1 is 1.50 bits per heavy atom. The molecular weight excluding hydrogens is 149 g/mol. The number of carboxylic acid groups (broad SMARTS) is 1. The van der Waals surface area contributed by atoms with Crippen molar-refractivity contribution in [1.82, 2.24) is 0 Å².